The van der Waals surface area contributed by atoms with E-state index in [-0.39, 0.29) is 18.0 Å². The highest BCUT2D eigenvalue weighted by atomic mass is 32.1. The van der Waals surface area contributed by atoms with Gasteiger partial charge in [0.15, 0.2) is 0 Å². The number of amides is 1. The van der Waals surface area contributed by atoms with E-state index in [4.69, 9.17) is 5.73 Å². The van der Waals surface area contributed by atoms with E-state index < -0.39 is 0 Å². The van der Waals surface area contributed by atoms with Gasteiger partial charge in [0.05, 0.1) is 6.04 Å². The van der Waals surface area contributed by atoms with Crippen LogP contribution in [0.5, 0.6) is 0 Å². The van der Waals surface area contributed by atoms with Gasteiger partial charge in [-0.15, -0.1) is 11.3 Å². The second-order valence-electron chi connectivity index (χ2n) is 3.52. The van der Waals surface area contributed by atoms with Gasteiger partial charge >= 0.3 is 0 Å². The minimum Gasteiger partial charge on any atom is -0.335 e. The van der Waals surface area contributed by atoms with Gasteiger partial charge in [0.1, 0.15) is 5.01 Å². The summed E-state index contributed by atoms with van der Waals surface area (Å²) in [4.78, 5) is 17.4. The summed E-state index contributed by atoms with van der Waals surface area (Å²) < 4.78 is 0. The van der Waals surface area contributed by atoms with Crippen LogP contribution < -0.4 is 5.73 Å². The average Bonchev–Trinajstić information content (AvgIpc) is 2.65. The lowest BCUT2D eigenvalue weighted by atomic mass is 9.97. The van der Waals surface area contributed by atoms with E-state index in [0.29, 0.717) is 6.42 Å². The zero-order valence-corrected chi connectivity index (χ0v) is 8.83. The number of rotatable bonds is 1. The number of carbonyl (C=O) groups is 1. The van der Waals surface area contributed by atoms with Crippen molar-refractivity contribution in [2.45, 2.75) is 24.9 Å². The quantitative estimate of drug-likeness (QED) is 0.746. The molecular formula is C9H13N3OS. The van der Waals surface area contributed by atoms with E-state index in [0.717, 1.165) is 11.4 Å². The van der Waals surface area contributed by atoms with Gasteiger partial charge in [-0.3, -0.25) is 4.79 Å². The monoisotopic (exact) mass is 211 g/mol. The van der Waals surface area contributed by atoms with Crippen molar-refractivity contribution in [1.82, 2.24) is 9.88 Å². The summed E-state index contributed by atoms with van der Waals surface area (Å²) in [7, 11) is 1.80. The Labute approximate surface area is 86.7 Å². The molecule has 1 aliphatic heterocycles. The zero-order valence-electron chi connectivity index (χ0n) is 8.01. The minimum absolute atomic E-state index is 0.0175. The standard InChI is InChI=1S/C9H13N3OS/c1-12-7(13)3-2-6(10)8(12)9-11-4-5-14-9/h4-6,8H,2-3,10H2,1H3. The molecule has 2 rings (SSSR count). The Morgan fingerprint density at radius 2 is 2.50 bits per heavy atom. The number of carbonyl (C=O) groups excluding carboxylic acids is 1. The van der Waals surface area contributed by atoms with Crippen molar-refractivity contribution in [3.63, 3.8) is 0 Å². The van der Waals surface area contributed by atoms with Gasteiger partial charge in [0.25, 0.3) is 0 Å². The Bertz CT molecular complexity index is 325. The number of likely N-dealkylation sites (N-methyl/N-ethyl adjacent to an activating group) is 1. The molecule has 0 bridgehead atoms. The highest BCUT2D eigenvalue weighted by molar-refractivity contribution is 7.09. The molecule has 76 valence electrons. The molecule has 0 spiro atoms. The van der Waals surface area contributed by atoms with Gasteiger partial charge in [0.2, 0.25) is 5.91 Å². The lowest BCUT2D eigenvalue weighted by molar-refractivity contribution is -0.135. The molecule has 4 nitrogen and oxygen atoms in total. The fourth-order valence-corrected chi connectivity index (χ4v) is 2.65. The fraction of sp³-hybridized carbons (Fsp3) is 0.556. The first-order chi connectivity index (χ1) is 6.70. The van der Waals surface area contributed by atoms with E-state index >= 15 is 0 Å². The summed E-state index contributed by atoms with van der Waals surface area (Å²) in [5.74, 6) is 0.159. The normalized spacial score (nSPS) is 28.1. The Hall–Kier alpha value is -0.940. The van der Waals surface area contributed by atoms with Crippen molar-refractivity contribution in [2.24, 2.45) is 5.73 Å². The molecular weight excluding hydrogens is 198 g/mol. The first-order valence-electron chi connectivity index (χ1n) is 4.61. The Morgan fingerprint density at radius 1 is 1.71 bits per heavy atom. The first-order valence-corrected chi connectivity index (χ1v) is 5.48. The van der Waals surface area contributed by atoms with Crippen molar-refractivity contribution >= 4 is 17.2 Å². The number of nitrogens with zero attached hydrogens (tertiary/aromatic N) is 2. The summed E-state index contributed by atoms with van der Waals surface area (Å²) in [6.45, 7) is 0. The van der Waals surface area contributed by atoms with Crippen LogP contribution in [0.3, 0.4) is 0 Å². The SMILES string of the molecule is CN1C(=O)CCC(N)C1c1nccs1. The molecule has 0 radical (unpaired) electrons. The molecule has 2 N–H and O–H groups in total. The fourth-order valence-electron chi connectivity index (χ4n) is 1.80. The van der Waals surface area contributed by atoms with Crippen molar-refractivity contribution in [1.29, 1.82) is 0 Å². The summed E-state index contributed by atoms with van der Waals surface area (Å²) in [5, 5.41) is 2.85. The molecule has 0 aliphatic carbocycles. The van der Waals surface area contributed by atoms with Crippen LogP contribution in [0.4, 0.5) is 0 Å². The van der Waals surface area contributed by atoms with E-state index in [1.807, 2.05) is 5.38 Å². The van der Waals surface area contributed by atoms with E-state index in [1.54, 1.807) is 29.5 Å². The van der Waals surface area contributed by atoms with Crippen molar-refractivity contribution < 1.29 is 4.79 Å². The molecule has 1 saturated heterocycles. The average molecular weight is 211 g/mol. The van der Waals surface area contributed by atoms with Crippen molar-refractivity contribution in [2.75, 3.05) is 7.05 Å². The molecule has 1 amide bonds. The number of nitrogens with two attached hydrogens (primary N) is 1. The van der Waals surface area contributed by atoms with Crippen LogP contribution in [0.2, 0.25) is 0 Å². The maximum absolute atomic E-state index is 11.5. The number of hydrogen-bond donors (Lipinski definition) is 1. The smallest absolute Gasteiger partial charge is 0.223 e. The highest BCUT2D eigenvalue weighted by Gasteiger charge is 2.33. The predicted molar refractivity (Wildman–Crippen MR) is 54.8 cm³/mol. The van der Waals surface area contributed by atoms with Crippen LogP contribution in [0.15, 0.2) is 11.6 Å². The topological polar surface area (TPSA) is 59.2 Å². The number of thiazole rings is 1. The third-order valence-electron chi connectivity index (χ3n) is 2.61. The van der Waals surface area contributed by atoms with Crippen LogP contribution in [0, 0.1) is 0 Å². The summed E-state index contributed by atoms with van der Waals surface area (Å²) in [6.07, 6.45) is 3.06. The van der Waals surface area contributed by atoms with Crippen molar-refractivity contribution in [3.8, 4) is 0 Å². The van der Waals surface area contributed by atoms with Gasteiger partial charge < -0.3 is 10.6 Å². The van der Waals surface area contributed by atoms with Crippen molar-refractivity contribution in [3.05, 3.63) is 16.6 Å². The number of likely N-dealkylation sites (tertiary alicyclic amines) is 1. The van der Waals surface area contributed by atoms with Crippen LogP contribution in [-0.2, 0) is 4.79 Å². The maximum atomic E-state index is 11.5. The molecule has 0 saturated carbocycles. The molecule has 2 unspecified atom stereocenters. The third kappa shape index (κ3) is 1.53. The molecule has 14 heavy (non-hydrogen) atoms. The molecule has 2 atom stereocenters. The lowest BCUT2D eigenvalue weighted by Gasteiger charge is -2.35. The predicted octanol–water partition coefficient (Wildman–Crippen LogP) is 0.764. The first kappa shape index (κ1) is 9.61. The van der Waals surface area contributed by atoms with E-state index in [9.17, 15) is 4.79 Å². The van der Waals surface area contributed by atoms with Crippen LogP contribution in [0.1, 0.15) is 23.9 Å². The van der Waals surface area contributed by atoms with Gasteiger partial charge in [-0.1, -0.05) is 0 Å². The third-order valence-corrected chi connectivity index (χ3v) is 3.46. The van der Waals surface area contributed by atoms with Gasteiger partial charge in [-0.2, -0.15) is 0 Å². The van der Waals surface area contributed by atoms with Crippen LogP contribution in [-0.4, -0.2) is 28.9 Å². The van der Waals surface area contributed by atoms with Gasteiger partial charge in [-0.05, 0) is 6.42 Å². The van der Waals surface area contributed by atoms with Crippen LogP contribution in [0.25, 0.3) is 0 Å². The Morgan fingerprint density at radius 3 is 3.14 bits per heavy atom. The molecule has 1 aliphatic rings. The largest absolute Gasteiger partial charge is 0.335 e. The second-order valence-corrected chi connectivity index (χ2v) is 4.45. The minimum atomic E-state index is -0.0312. The highest BCUT2D eigenvalue weighted by Crippen LogP contribution is 2.30. The molecule has 0 aromatic carbocycles. The van der Waals surface area contributed by atoms with Gasteiger partial charge in [-0.25, -0.2) is 4.98 Å². The second kappa shape index (κ2) is 3.67. The molecule has 1 aromatic heterocycles. The summed E-state index contributed by atoms with van der Waals surface area (Å²) in [6, 6.07) is -0.0138. The van der Waals surface area contributed by atoms with Gasteiger partial charge in [0, 0.05) is 31.1 Å². The van der Waals surface area contributed by atoms with E-state index in [2.05, 4.69) is 4.98 Å². The van der Waals surface area contributed by atoms with E-state index in [1.165, 1.54) is 0 Å². The molecule has 1 fully saturated rings. The molecule has 1 aromatic rings. The molecule has 5 heteroatoms. The molecule has 2 heterocycles. The summed E-state index contributed by atoms with van der Waals surface area (Å²) >= 11 is 1.55. The lowest BCUT2D eigenvalue weighted by Crippen LogP contribution is -2.46. The number of piperidine rings is 1. The number of aromatic nitrogens is 1. The Balaban J connectivity index is 2.26. The Kier molecular flexibility index (Phi) is 2.52. The summed E-state index contributed by atoms with van der Waals surface area (Å²) in [5.41, 5.74) is 6.00. The number of hydrogen-bond acceptors (Lipinski definition) is 4. The maximum Gasteiger partial charge on any atom is 0.223 e. The van der Waals surface area contributed by atoms with Crippen LogP contribution >= 0.6 is 11.3 Å². The zero-order chi connectivity index (χ0) is 10.1.